The third-order valence-corrected chi connectivity index (χ3v) is 3.96. The van der Waals surface area contributed by atoms with E-state index in [0.29, 0.717) is 10.0 Å². The van der Waals surface area contributed by atoms with Gasteiger partial charge in [0.1, 0.15) is 10.1 Å². The van der Waals surface area contributed by atoms with Crippen LogP contribution in [0.5, 0.6) is 0 Å². The Morgan fingerprint density at radius 1 is 1.64 bits per heavy atom. The number of thiazole rings is 1. The number of nitrogens with one attached hydrogen (secondary N) is 1. The van der Waals surface area contributed by atoms with Gasteiger partial charge in [-0.05, 0) is 13.8 Å². The van der Waals surface area contributed by atoms with Gasteiger partial charge in [0.15, 0.2) is 0 Å². The lowest BCUT2D eigenvalue weighted by Crippen LogP contribution is -2.31. The molecular formula is C7H11ClN2O2S2. The molecule has 0 radical (unpaired) electrons. The van der Waals surface area contributed by atoms with Crippen LogP contribution < -0.4 is 4.72 Å². The summed E-state index contributed by atoms with van der Waals surface area (Å²) in [5.41, 5.74) is 1.94. The molecule has 1 heterocycles. The molecule has 80 valence electrons. The average molecular weight is 255 g/mol. The zero-order valence-electron chi connectivity index (χ0n) is 7.82. The highest BCUT2D eigenvalue weighted by Crippen LogP contribution is 2.21. The second kappa shape index (κ2) is 4.57. The van der Waals surface area contributed by atoms with Crippen molar-refractivity contribution in [3.05, 3.63) is 15.5 Å². The van der Waals surface area contributed by atoms with E-state index in [1.807, 2.05) is 0 Å². The Balaban J connectivity index is 2.74. The fourth-order valence-corrected chi connectivity index (χ4v) is 3.25. The predicted molar refractivity (Wildman–Crippen MR) is 58.0 cm³/mol. The van der Waals surface area contributed by atoms with Gasteiger partial charge in [0.05, 0.1) is 11.2 Å². The Bertz CT molecular complexity index is 400. The van der Waals surface area contributed by atoms with Crippen LogP contribution in [0.3, 0.4) is 0 Å². The third kappa shape index (κ3) is 3.53. The van der Waals surface area contributed by atoms with Crippen LogP contribution >= 0.6 is 22.9 Å². The fraction of sp³-hybridized carbons (Fsp3) is 0.571. The van der Waals surface area contributed by atoms with Gasteiger partial charge in [-0.25, -0.2) is 18.1 Å². The van der Waals surface area contributed by atoms with Crippen LogP contribution in [0.25, 0.3) is 0 Å². The van der Waals surface area contributed by atoms with Crippen molar-refractivity contribution in [2.45, 2.75) is 25.6 Å². The van der Waals surface area contributed by atoms with Crippen LogP contribution in [0.1, 0.15) is 19.5 Å². The van der Waals surface area contributed by atoms with E-state index in [0.717, 1.165) is 0 Å². The van der Waals surface area contributed by atoms with E-state index in [9.17, 15) is 8.42 Å². The van der Waals surface area contributed by atoms with Gasteiger partial charge in [-0.3, -0.25) is 0 Å². The Kier molecular flexibility index (Phi) is 3.88. The summed E-state index contributed by atoms with van der Waals surface area (Å²) in [7, 11) is -3.32. The lowest BCUT2D eigenvalue weighted by molar-refractivity contribution is 0.568. The smallest absolute Gasteiger partial charge is 0.217 e. The van der Waals surface area contributed by atoms with Crippen molar-refractivity contribution < 1.29 is 8.42 Å². The van der Waals surface area contributed by atoms with Crippen LogP contribution in [0.2, 0.25) is 4.34 Å². The first kappa shape index (κ1) is 11.9. The molecule has 1 aromatic heterocycles. The molecule has 0 saturated carbocycles. The second-order valence-corrected chi connectivity index (χ2v) is 6.32. The molecule has 0 spiro atoms. The van der Waals surface area contributed by atoms with Gasteiger partial charge < -0.3 is 0 Å². The Morgan fingerprint density at radius 3 is 2.71 bits per heavy atom. The predicted octanol–water partition coefficient (Wildman–Crippen LogP) is 1.62. The molecule has 0 atom stereocenters. The van der Waals surface area contributed by atoms with Crippen molar-refractivity contribution in [2.75, 3.05) is 0 Å². The fourth-order valence-electron chi connectivity index (χ4n) is 0.930. The minimum absolute atomic E-state index is 0.114. The van der Waals surface area contributed by atoms with Crippen molar-refractivity contribution in [1.82, 2.24) is 9.71 Å². The van der Waals surface area contributed by atoms with Crippen LogP contribution in [0.4, 0.5) is 0 Å². The van der Waals surface area contributed by atoms with E-state index >= 15 is 0 Å². The highest BCUT2D eigenvalue weighted by Gasteiger charge is 2.16. The zero-order valence-corrected chi connectivity index (χ0v) is 10.2. The molecule has 0 aliphatic rings. The van der Waals surface area contributed by atoms with E-state index in [2.05, 4.69) is 9.71 Å². The summed E-state index contributed by atoms with van der Waals surface area (Å²) in [5.74, 6) is -0.159. The minimum Gasteiger partial charge on any atom is -0.247 e. The third-order valence-electron chi connectivity index (χ3n) is 1.33. The van der Waals surface area contributed by atoms with Crippen molar-refractivity contribution in [1.29, 1.82) is 0 Å². The lowest BCUT2D eigenvalue weighted by Gasteiger charge is -2.07. The lowest BCUT2D eigenvalue weighted by atomic mass is 10.4. The molecule has 0 aliphatic heterocycles. The molecule has 0 saturated heterocycles. The SMILES string of the molecule is CC(C)NS(=O)(=O)Cc1ncsc1Cl. The van der Waals surface area contributed by atoms with E-state index in [4.69, 9.17) is 11.6 Å². The normalized spacial score (nSPS) is 12.3. The number of hydrogen-bond acceptors (Lipinski definition) is 4. The first-order chi connectivity index (χ1) is 6.41. The topological polar surface area (TPSA) is 59.1 Å². The zero-order chi connectivity index (χ0) is 10.8. The molecule has 1 rings (SSSR count). The minimum atomic E-state index is -3.32. The molecule has 4 nitrogen and oxygen atoms in total. The number of aromatic nitrogens is 1. The van der Waals surface area contributed by atoms with Gasteiger partial charge in [-0.15, -0.1) is 11.3 Å². The summed E-state index contributed by atoms with van der Waals surface area (Å²) in [6, 6.07) is -0.114. The largest absolute Gasteiger partial charge is 0.247 e. The average Bonchev–Trinajstić information content (AvgIpc) is 2.32. The second-order valence-electron chi connectivity index (χ2n) is 3.10. The van der Waals surface area contributed by atoms with Gasteiger partial charge >= 0.3 is 0 Å². The summed E-state index contributed by atoms with van der Waals surface area (Å²) < 4.78 is 25.8. The Morgan fingerprint density at radius 2 is 2.29 bits per heavy atom. The van der Waals surface area contributed by atoms with Gasteiger partial charge in [0, 0.05) is 6.04 Å². The molecule has 14 heavy (non-hydrogen) atoms. The summed E-state index contributed by atoms with van der Waals surface area (Å²) >= 11 is 6.97. The van der Waals surface area contributed by atoms with Crippen LogP contribution in [-0.4, -0.2) is 19.4 Å². The van der Waals surface area contributed by atoms with Gasteiger partial charge in [-0.2, -0.15) is 0 Å². The van der Waals surface area contributed by atoms with Crippen molar-refractivity contribution in [2.24, 2.45) is 0 Å². The monoisotopic (exact) mass is 254 g/mol. The van der Waals surface area contributed by atoms with Crippen molar-refractivity contribution in [3.8, 4) is 0 Å². The molecule has 0 bridgehead atoms. The van der Waals surface area contributed by atoms with Crippen LogP contribution in [-0.2, 0) is 15.8 Å². The molecule has 0 amide bonds. The van der Waals surface area contributed by atoms with Gasteiger partial charge in [0.25, 0.3) is 0 Å². The van der Waals surface area contributed by atoms with E-state index < -0.39 is 10.0 Å². The summed E-state index contributed by atoms with van der Waals surface area (Å²) in [4.78, 5) is 3.88. The summed E-state index contributed by atoms with van der Waals surface area (Å²) in [6.07, 6.45) is 0. The maximum absolute atomic E-state index is 11.5. The van der Waals surface area contributed by atoms with Crippen LogP contribution in [0, 0.1) is 0 Å². The van der Waals surface area contributed by atoms with Crippen LogP contribution in [0.15, 0.2) is 5.51 Å². The standard InChI is InChI=1S/C7H11ClN2O2S2/c1-5(2)10-14(11,12)3-6-7(8)13-4-9-6/h4-5,10H,3H2,1-2H3. The van der Waals surface area contributed by atoms with Crippen molar-refractivity contribution in [3.63, 3.8) is 0 Å². The molecule has 7 heteroatoms. The maximum Gasteiger partial charge on any atom is 0.217 e. The molecule has 0 aromatic carbocycles. The molecule has 1 N–H and O–H groups in total. The highest BCUT2D eigenvalue weighted by molar-refractivity contribution is 7.88. The number of rotatable bonds is 4. The number of nitrogens with zero attached hydrogens (tertiary/aromatic N) is 1. The van der Waals surface area contributed by atoms with E-state index in [1.54, 1.807) is 13.8 Å². The Hall–Kier alpha value is -0.170. The number of hydrogen-bond donors (Lipinski definition) is 1. The molecule has 0 aliphatic carbocycles. The molecule has 1 aromatic rings. The van der Waals surface area contributed by atoms with Gasteiger partial charge in [-0.1, -0.05) is 11.6 Å². The number of sulfonamides is 1. The maximum atomic E-state index is 11.5. The van der Waals surface area contributed by atoms with Gasteiger partial charge in [0.2, 0.25) is 10.0 Å². The first-order valence-electron chi connectivity index (χ1n) is 3.98. The highest BCUT2D eigenvalue weighted by atomic mass is 35.5. The summed E-state index contributed by atoms with van der Waals surface area (Å²) in [6.45, 7) is 3.53. The Labute approximate surface area is 92.4 Å². The first-order valence-corrected chi connectivity index (χ1v) is 6.89. The quantitative estimate of drug-likeness (QED) is 0.888. The van der Waals surface area contributed by atoms with E-state index in [-0.39, 0.29) is 11.8 Å². The molecule has 0 unspecified atom stereocenters. The molecule has 0 fully saturated rings. The van der Waals surface area contributed by atoms with E-state index in [1.165, 1.54) is 16.8 Å². The van der Waals surface area contributed by atoms with Crippen molar-refractivity contribution >= 4 is 33.0 Å². The number of halogens is 1. The molecular weight excluding hydrogens is 244 g/mol. The summed E-state index contributed by atoms with van der Waals surface area (Å²) in [5, 5.41) is 0.